The predicted molar refractivity (Wildman–Crippen MR) is 166 cm³/mol. The van der Waals surface area contributed by atoms with E-state index in [1.807, 2.05) is 0 Å². The van der Waals surface area contributed by atoms with Crippen LogP contribution in [0.5, 0.6) is 5.75 Å². The molecule has 0 amide bonds. The Bertz CT molecular complexity index is 989. The number of unbranched alkanes of at least 4 members (excludes halogenated alkanes) is 12. The van der Waals surface area contributed by atoms with Crippen LogP contribution in [0.15, 0.2) is 36.4 Å². The van der Waals surface area contributed by atoms with Crippen LogP contribution >= 0.6 is 0 Å². The first kappa shape index (κ1) is 34.4. The summed E-state index contributed by atoms with van der Waals surface area (Å²) in [5.74, 6) is -1.87. The highest BCUT2D eigenvalue weighted by Gasteiger charge is 2.26. The largest absolute Gasteiger partial charge is 0.490 e. The summed E-state index contributed by atoms with van der Waals surface area (Å²) in [4.78, 5) is 0. The van der Waals surface area contributed by atoms with Crippen molar-refractivity contribution >= 4 is 0 Å². The second-order valence-electron chi connectivity index (χ2n) is 11.9. The van der Waals surface area contributed by atoms with Gasteiger partial charge in [-0.3, -0.25) is 0 Å². The van der Waals surface area contributed by atoms with Gasteiger partial charge < -0.3 is 14.2 Å². The molecule has 1 heterocycles. The van der Waals surface area contributed by atoms with E-state index in [1.165, 1.54) is 63.9 Å². The molecule has 0 spiro atoms. The van der Waals surface area contributed by atoms with Crippen molar-refractivity contribution in [2.75, 3.05) is 19.8 Å². The molecule has 2 aromatic carbocycles. The highest BCUT2D eigenvalue weighted by atomic mass is 19.2. The van der Waals surface area contributed by atoms with E-state index in [2.05, 4.69) is 13.8 Å². The number of alkyl halides is 1. The molecule has 0 saturated carbocycles. The van der Waals surface area contributed by atoms with Gasteiger partial charge in [0.05, 0.1) is 19.8 Å². The van der Waals surface area contributed by atoms with Crippen molar-refractivity contribution in [3.05, 3.63) is 53.6 Å². The molecule has 236 valence electrons. The third kappa shape index (κ3) is 11.9. The van der Waals surface area contributed by atoms with Gasteiger partial charge in [0.2, 0.25) is 5.82 Å². The monoisotopic (exact) mass is 590 g/mol. The molecule has 0 radical (unpaired) electrons. The fourth-order valence-electron chi connectivity index (χ4n) is 5.60. The maximum Gasteiger partial charge on any atom is 0.201 e. The zero-order valence-electron chi connectivity index (χ0n) is 26.0. The molecule has 3 rings (SSSR count). The summed E-state index contributed by atoms with van der Waals surface area (Å²) in [5, 5.41) is 0. The zero-order valence-corrected chi connectivity index (χ0v) is 26.0. The van der Waals surface area contributed by atoms with Crippen molar-refractivity contribution < 1.29 is 27.4 Å². The zero-order chi connectivity index (χ0) is 30.0. The second kappa shape index (κ2) is 20.0. The van der Waals surface area contributed by atoms with Crippen LogP contribution in [0.3, 0.4) is 0 Å². The average molecular weight is 591 g/mol. The molecule has 1 aliphatic rings. The molecule has 0 bridgehead atoms. The molecule has 1 fully saturated rings. The van der Waals surface area contributed by atoms with Gasteiger partial charge in [-0.05, 0) is 37.0 Å². The smallest absolute Gasteiger partial charge is 0.201 e. The first-order chi connectivity index (χ1) is 20.5. The van der Waals surface area contributed by atoms with Crippen LogP contribution in [0.25, 0.3) is 11.1 Å². The number of halogens is 3. The van der Waals surface area contributed by atoms with E-state index in [0.29, 0.717) is 38.2 Å². The van der Waals surface area contributed by atoms with Gasteiger partial charge in [0.15, 0.2) is 17.9 Å². The Morgan fingerprint density at radius 3 is 1.90 bits per heavy atom. The minimum Gasteiger partial charge on any atom is -0.490 e. The molecule has 6 heteroatoms. The fourth-order valence-corrected chi connectivity index (χ4v) is 5.60. The van der Waals surface area contributed by atoms with Crippen molar-refractivity contribution in [3.8, 4) is 16.9 Å². The first-order valence-corrected chi connectivity index (χ1v) is 16.6. The molecule has 1 unspecified atom stereocenters. The van der Waals surface area contributed by atoms with Crippen LogP contribution in [0.2, 0.25) is 0 Å². The standard InChI is InChI=1S/C36H53F3O3/c1-3-5-7-9-11-12-14-16-24-40-33-23-22-32(34(38)35(33)39)29-18-20-30(21-19-29)36-41-26-28(27-42-36)25-31(37)17-15-13-10-8-6-4-2/h18-23,28,31,36H,3-17,24-27H2,1-2H3. The van der Waals surface area contributed by atoms with Crippen molar-refractivity contribution in [1.82, 2.24) is 0 Å². The maximum absolute atomic E-state index is 14.9. The fraction of sp³-hybridized carbons (Fsp3) is 0.667. The Hall–Kier alpha value is -2.05. The second-order valence-corrected chi connectivity index (χ2v) is 11.9. The number of hydrogen-bond acceptors (Lipinski definition) is 3. The number of hydrogen-bond donors (Lipinski definition) is 0. The van der Waals surface area contributed by atoms with E-state index in [1.54, 1.807) is 30.3 Å². The van der Waals surface area contributed by atoms with Gasteiger partial charge in [-0.25, -0.2) is 8.78 Å². The molecule has 1 aliphatic heterocycles. The van der Waals surface area contributed by atoms with Crippen LogP contribution in [-0.4, -0.2) is 26.0 Å². The van der Waals surface area contributed by atoms with Crippen LogP contribution in [0, 0.1) is 17.6 Å². The Labute approximate surface area is 252 Å². The Kier molecular flexibility index (Phi) is 16.4. The molecule has 2 aromatic rings. The summed E-state index contributed by atoms with van der Waals surface area (Å²) in [6.45, 7) is 5.69. The topological polar surface area (TPSA) is 27.7 Å². The van der Waals surface area contributed by atoms with Gasteiger partial charge >= 0.3 is 0 Å². The van der Waals surface area contributed by atoms with Crippen molar-refractivity contribution in [3.63, 3.8) is 0 Å². The lowest BCUT2D eigenvalue weighted by atomic mass is 9.98. The van der Waals surface area contributed by atoms with E-state index in [0.717, 1.165) is 37.7 Å². The number of ether oxygens (including phenoxy) is 3. The molecular formula is C36H53F3O3. The lowest BCUT2D eigenvalue weighted by Crippen LogP contribution is -2.29. The first-order valence-electron chi connectivity index (χ1n) is 16.6. The van der Waals surface area contributed by atoms with E-state index in [9.17, 15) is 13.2 Å². The minimum absolute atomic E-state index is 0.0446. The molecule has 0 N–H and O–H groups in total. The van der Waals surface area contributed by atoms with Gasteiger partial charge in [0, 0.05) is 17.0 Å². The van der Waals surface area contributed by atoms with Crippen LogP contribution in [-0.2, 0) is 9.47 Å². The highest BCUT2D eigenvalue weighted by Crippen LogP contribution is 2.33. The van der Waals surface area contributed by atoms with Gasteiger partial charge in [0.25, 0.3) is 0 Å². The SMILES string of the molecule is CCCCCCCCCCOc1ccc(-c2ccc(C3OCC(CC(F)CCCCCCCC)CO3)cc2)c(F)c1F. The number of benzene rings is 2. The molecule has 3 nitrogen and oxygen atoms in total. The van der Waals surface area contributed by atoms with Gasteiger partial charge in [0.1, 0.15) is 6.17 Å². The molecule has 0 aromatic heterocycles. The van der Waals surface area contributed by atoms with Crippen molar-refractivity contribution in [2.24, 2.45) is 5.92 Å². The van der Waals surface area contributed by atoms with Gasteiger partial charge in [-0.15, -0.1) is 0 Å². The third-order valence-corrected chi connectivity index (χ3v) is 8.22. The Morgan fingerprint density at radius 2 is 1.29 bits per heavy atom. The lowest BCUT2D eigenvalue weighted by molar-refractivity contribution is -0.207. The predicted octanol–water partition coefficient (Wildman–Crippen LogP) is 11.3. The van der Waals surface area contributed by atoms with Crippen LogP contribution in [0.1, 0.15) is 128 Å². The summed E-state index contributed by atoms with van der Waals surface area (Å²) in [5.41, 5.74) is 1.55. The summed E-state index contributed by atoms with van der Waals surface area (Å²) < 4.78 is 61.5. The molecule has 42 heavy (non-hydrogen) atoms. The summed E-state index contributed by atoms with van der Waals surface area (Å²) in [6.07, 6.45) is 16.0. The average Bonchev–Trinajstić information content (AvgIpc) is 3.00. The molecule has 0 aliphatic carbocycles. The lowest BCUT2D eigenvalue weighted by Gasteiger charge is -2.30. The quantitative estimate of drug-likeness (QED) is 0.135. The van der Waals surface area contributed by atoms with Gasteiger partial charge in [-0.1, -0.05) is 122 Å². The normalized spacial score (nSPS) is 17.8. The van der Waals surface area contributed by atoms with E-state index in [4.69, 9.17) is 14.2 Å². The summed E-state index contributed by atoms with van der Waals surface area (Å²) >= 11 is 0. The minimum atomic E-state index is -0.955. The van der Waals surface area contributed by atoms with Crippen molar-refractivity contribution in [1.29, 1.82) is 0 Å². The maximum atomic E-state index is 14.9. The van der Waals surface area contributed by atoms with Crippen LogP contribution in [0.4, 0.5) is 13.2 Å². The Balaban J connectivity index is 1.39. The molecular weight excluding hydrogens is 537 g/mol. The molecule has 1 saturated heterocycles. The van der Waals surface area contributed by atoms with Crippen LogP contribution < -0.4 is 4.74 Å². The molecule has 1 atom stereocenters. The Morgan fingerprint density at radius 1 is 0.714 bits per heavy atom. The third-order valence-electron chi connectivity index (χ3n) is 8.22. The van der Waals surface area contributed by atoms with E-state index >= 15 is 0 Å². The van der Waals surface area contributed by atoms with Gasteiger partial charge in [-0.2, -0.15) is 4.39 Å². The summed E-state index contributed by atoms with van der Waals surface area (Å²) in [7, 11) is 0. The van der Waals surface area contributed by atoms with E-state index in [-0.39, 0.29) is 17.2 Å². The highest BCUT2D eigenvalue weighted by molar-refractivity contribution is 5.65. The summed E-state index contributed by atoms with van der Waals surface area (Å²) in [6, 6.07) is 10.2. The van der Waals surface area contributed by atoms with E-state index < -0.39 is 24.1 Å². The number of rotatable bonds is 21. The van der Waals surface area contributed by atoms with Crippen molar-refractivity contribution in [2.45, 2.75) is 129 Å².